The number of rotatable bonds is 5. The topological polar surface area (TPSA) is 62.1 Å². The van der Waals surface area contributed by atoms with Crippen LogP contribution in [0.2, 0.25) is 0 Å². The molecule has 0 aliphatic rings. The molecule has 0 heterocycles. The van der Waals surface area contributed by atoms with Crippen LogP contribution < -0.4 is 10.1 Å². The number of hydrogen-bond donors (Lipinski definition) is 1. The molecule has 1 N–H and O–H groups in total. The van der Waals surface area contributed by atoms with Gasteiger partial charge in [0.25, 0.3) is 5.91 Å². The highest BCUT2D eigenvalue weighted by atomic mass is 16.5. The van der Waals surface area contributed by atoms with Crippen molar-refractivity contribution in [3.63, 3.8) is 0 Å². The van der Waals surface area contributed by atoms with Crippen molar-refractivity contribution in [3.8, 4) is 22.9 Å². The summed E-state index contributed by atoms with van der Waals surface area (Å²) in [6, 6.07) is 26.3. The van der Waals surface area contributed by atoms with Crippen LogP contribution in [0.1, 0.15) is 5.56 Å². The molecule has 0 saturated heterocycles. The summed E-state index contributed by atoms with van der Waals surface area (Å²) in [5, 5.41) is 11.6. The largest absolute Gasteiger partial charge is 0.483 e. The Morgan fingerprint density at radius 3 is 2.52 bits per heavy atom. The van der Waals surface area contributed by atoms with Gasteiger partial charge in [-0.05, 0) is 29.8 Å². The molecule has 0 atom stereocenters. The van der Waals surface area contributed by atoms with E-state index in [2.05, 4.69) is 5.32 Å². The first-order valence-electron chi connectivity index (χ1n) is 7.83. The highest BCUT2D eigenvalue weighted by Crippen LogP contribution is 2.29. The van der Waals surface area contributed by atoms with Gasteiger partial charge in [-0.2, -0.15) is 5.26 Å². The van der Waals surface area contributed by atoms with E-state index in [1.807, 2.05) is 60.7 Å². The van der Waals surface area contributed by atoms with Gasteiger partial charge in [-0.15, -0.1) is 0 Å². The zero-order valence-electron chi connectivity index (χ0n) is 13.5. The lowest BCUT2D eigenvalue weighted by molar-refractivity contribution is -0.118. The summed E-state index contributed by atoms with van der Waals surface area (Å²) in [5.41, 5.74) is 3.03. The number of ether oxygens (including phenoxy) is 1. The van der Waals surface area contributed by atoms with Crippen LogP contribution in [0.3, 0.4) is 0 Å². The number of carbonyl (C=O) groups is 1. The van der Waals surface area contributed by atoms with Crippen molar-refractivity contribution >= 4 is 11.6 Å². The molecule has 0 saturated carbocycles. The fourth-order valence-corrected chi connectivity index (χ4v) is 2.46. The monoisotopic (exact) mass is 328 g/mol. The highest BCUT2D eigenvalue weighted by molar-refractivity contribution is 5.92. The summed E-state index contributed by atoms with van der Waals surface area (Å²) < 4.78 is 5.71. The van der Waals surface area contributed by atoms with Crippen LogP contribution in [0.5, 0.6) is 5.75 Å². The Bertz CT molecular complexity index is 914. The molecule has 0 unspecified atom stereocenters. The SMILES string of the molecule is N#Cc1cccc(NC(=O)COc2ccccc2-c2ccccc2)c1. The molecule has 0 spiro atoms. The standard InChI is InChI=1S/C21H16N2O2/c22-14-16-7-6-10-18(13-16)23-21(24)15-25-20-12-5-4-11-19(20)17-8-2-1-3-9-17/h1-13H,15H2,(H,23,24). The molecule has 1 amide bonds. The number of para-hydroxylation sites is 1. The molecule has 0 radical (unpaired) electrons. The van der Waals surface area contributed by atoms with E-state index in [-0.39, 0.29) is 12.5 Å². The third-order valence-electron chi connectivity index (χ3n) is 3.61. The van der Waals surface area contributed by atoms with E-state index >= 15 is 0 Å². The normalized spacial score (nSPS) is 9.88. The van der Waals surface area contributed by atoms with Gasteiger partial charge in [0.05, 0.1) is 11.6 Å². The second-order valence-electron chi connectivity index (χ2n) is 5.39. The minimum atomic E-state index is -0.280. The number of amides is 1. The highest BCUT2D eigenvalue weighted by Gasteiger charge is 2.08. The van der Waals surface area contributed by atoms with E-state index < -0.39 is 0 Å². The van der Waals surface area contributed by atoms with E-state index in [1.165, 1.54) is 0 Å². The number of carbonyl (C=O) groups excluding carboxylic acids is 1. The van der Waals surface area contributed by atoms with Crippen molar-refractivity contribution in [1.29, 1.82) is 5.26 Å². The zero-order chi connectivity index (χ0) is 17.5. The van der Waals surface area contributed by atoms with E-state index in [0.29, 0.717) is 17.0 Å². The summed E-state index contributed by atoms with van der Waals surface area (Å²) >= 11 is 0. The van der Waals surface area contributed by atoms with E-state index in [0.717, 1.165) is 11.1 Å². The Labute approximate surface area is 146 Å². The fourth-order valence-electron chi connectivity index (χ4n) is 2.46. The van der Waals surface area contributed by atoms with Crippen molar-refractivity contribution in [2.24, 2.45) is 0 Å². The van der Waals surface area contributed by atoms with Gasteiger partial charge in [-0.1, -0.05) is 54.6 Å². The van der Waals surface area contributed by atoms with Crippen LogP contribution in [-0.2, 0) is 4.79 Å². The maximum Gasteiger partial charge on any atom is 0.262 e. The van der Waals surface area contributed by atoms with Gasteiger partial charge in [0.15, 0.2) is 6.61 Å². The number of nitrogens with one attached hydrogen (secondary N) is 1. The van der Waals surface area contributed by atoms with Crippen molar-refractivity contribution in [3.05, 3.63) is 84.4 Å². The molecule has 122 valence electrons. The van der Waals surface area contributed by atoms with Gasteiger partial charge >= 0.3 is 0 Å². The van der Waals surface area contributed by atoms with Crippen molar-refractivity contribution in [2.45, 2.75) is 0 Å². The molecule has 3 aromatic rings. The summed E-state index contributed by atoms with van der Waals surface area (Å²) in [6.07, 6.45) is 0. The number of benzene rings is 3. The Morgan fingerprint density at radius 2 is 1.72 bits per heavy atom. The van der Waals surface area contributed by atoms with Gasteiger partial charge < -0.3 is 10.1 Å². The summed E-state index contributed by atoms with van der Waals surface area (Å²) in [6.45, 7) is -0.110. The maximum atomic E-state index is 12.1. The third kappa shape index (κ3) is 4.24. The quantitative estimate of drug-likeness (QED) is 0.762. The summed E-state index contributed by atoms with van der Waals surface area (Å²) in [5.74, 6) is 0.368. The fraction of sp³-hybridized carbons (Fsp3) is 0.0476. The minimum Gasteiger partial charge on any atom is -0.483 e. The first kappa shape index (κ1) is 16.3. The van der Waals surface area contributed by atoms with Crippen LogP contribution in [0.15, 0.2) is 78.9 Å². The number of nitrogens with zero attached hydrogens (tertiary/aromatic N) is 1. The molecule has 0 aliphatic carbocycles. The molecule has 0 fully saturated rings. The minimum absolute atomic E-state index is 0.110. The van der Waals surface area contributed by atoms with Crippen molar-refractivity contribution in [1.82, 2.24) is 0 Å². The lowest BCUT2D eigenvalue weighted by Gasteiger charge is -2.12. The second-order valence-corrected chi connectivity index (χ2v) is 5.39. The smallest absolute Gasteiger partial charge is 0.262 e. The van der Waals surface area contributed by atoms with E-state index in [9.17, 15) is 4.79 Å². The van der Waals surface area contributed by atoms with Crippen LogP contribution in [-0.4, -0.2) is 12.5 Å². The lowest BCUT2D eigenvalue weighted by Crippen LogP contribution is -2.20. The molecular weight excluding hydrogens is 312 g/mol. The summed E-state index contributed by atoms with van der Waals surface area (Å²) in [4.78, 5) is 12.1. The lowest BCUT2D eigenvalue weighted by atomic mass is 10.1. The Kier molecular flexibility index (Phi) is 5.08. The van der Waals surface area contributed by atoms with Crippen LogP contribution in [0.4, 0.5) is 5.69 Å². The average molecular weight is 328 g/mol. The van der Waals surface area contributed by atoms with Crippen molar-refractivity contribution in [2.75, 3.05) is 11.9 Å². The van der Waals surface area contributed by atoms with Crippen LogP contribution in [0, 0.1) is 11.3 Å². The second kappa shape index (κ2) is 7.80. The van der Waals surface area contributed by atoms with E-state index in [4.69, 9.17) is 10.00 Å². The van der Waals surface area contributed by atoms with E-state index in [1.54, 1.807) is 24.3 Å². The van der Waals surface area contributed by atoms with Crippen LogP contribution >= 0.6 is 0 Å². The molecule has 0 aromatic heterocycles. The Balaban J connectivity index is 1.68. The Morgan fingerprint density at radius 1 is 0.960 bits per heavy atom. The molecule has 0 aliphatic heterocycles. The first-order chi connectivity index (χ1) is 12.3. The van der Waals surface area contributed by atoms with Gasteiger partial charge in [0.2, 0.25) is 0 Å². The predicted octanol–water partition coefficient (Wildman–Crippen LogP) is 4.24. The molecule has 0 bridgehead atoms. The molecular formula is C21H16N2O2. The number of hydrogen-bond acceptors (Lipinski definition) is 3. The number of anilines is 1. The van der Waals surface area contributed by atoms with Gasteiger partial charge in [0, 0.05) is 11.3 Å². The number of nitriles is 1. The van der Waals surface area contributed by atoms with Gasteiger partial charge in [0.1, 0.15) is 5.75 Å². The molecule has 3 aromatic carbocycles. The zero-order valence-corrected chi connectivity index (χ0v) is 13.5. The maximum absolute atomic E-state index is 12.1. The predicted molar refractivity (Wildman–Crippen MR) is 97.2 cm³/mol. The molecule has 4 nitrogen and oxygen atoms in total. The average Bonchev–Trinajstić information content (AvgIpc) is 2.67. The van der Waals surface area contributed by atoms with Crippen molar-refractivity contribution < 1.29 is 9.53 Å². The molecule has 4 heteroatoms. The molecule has 3 rings (SSSR count). The summed E-state index contributed by atoms with van der Waals surface area (Å²) in [7, 11) is 0. The van der Waals surface area contributed by atoms with Gasteiger partial charge in [-0.3, -0.25) is 4.79 Å². The third-order valence-corrected chi connectivity index (χ3v) is 3.61. The first-order valence-corrected chi connectivity index (χ1v) is 7.83. The Hall–Kier alpha value is -3.58. The van der Waals surface area contributed by atoms with Crippen LogP contribution in [0.25, 0.3) is 11.1 Å². The molecule has 25 heavy (non-hydrogen) atoms. The van der Waals surface area contributed by atoms with Gasteiger partial charge in [-0.25, -0.2) is 0 Å².